The van der Waals surface area contributed by atoms with Gasteiger partial charge in [-0.2, -0.15) is 0 Å². The van der Waals surface area contributed by atoms with E-state index in [2.05, 4.69) is 14.5 Å². The summed E-state index contributed by atoms with van der Waals surface area (Å²) in [5.41, 5.74) is 7.17. The summed E-state index contributed by atoms with van der Waals surface area (Å²) in [7, 11) is 0. The highest BCUT2D eigenvalue weighted by atomic mass is 15.3. The maximum Gasteiger partial charge on any atom is 0.0951 e. The second kappa shape index (κ2) is 3.86. The number of rotatable bonds is 2. The second-order valence-corrected chi connectivity index (χ2v) is 5.12. The Kier molecular flexibility index (Phi) is 2.48. The fourth-order valence-corrected chi connectivity index (χ4v) is 3.32. The monoisotopic (exact) mass is 220 g/mol. The van der Waals surface area contributed by atoms with Crippen LogP contribution in [0.4, 0.5) is 0 Å². The van der Waals surface area contributed by atoms with Gasteiger partial charge in [0.05, 0.1) is 18.1 Å². The molecule has 4 heteroatoms. The summed E-state index contributed by atoms with van der Waals surface area (Å²) in [4.78, 5) is 6.89. The summed E-state index contributed by atoms with van der Waals surface area (Å²) in [5.74, 6) is 0. The zero-order valence-electron chi connectivity index (χ0n) is 9.84. The Balaban J connectivity index is 1.89. The number of hydrogen-bond acceptors (Lipinski definition) is 3. The Labute approximate surface area is 96.4 Å². The van der Waals surface area contributed by atoms with Gasteiger partial charge in [0, 0.05) is 24.8 Å². The molecule has 1 aromatic rings. The van der Waals surface area contributed by atoms with Gasteiger partial charge in [0.2, 0.25) is 0 Å². The molecule has 0 amide bonds. The van der Waals surface area contributed by atoms with E-state index in [1.54, 1.807) is 0 Å². The Morgan fingerprint density at radius 3 is 3.06 bits per heavy atom. The maximum atomic E-state index is 5.99. The van der Waals surface area contributed by atoms with Crippen molar-refractivity contribution in [2.45, 2.75) is 44.3 Å². The molecule has 3 atom stereocenters. The smallest absolute Gasteiger partial charge is 0.0951 e. The van der Waals surface area contributed by atoms with Gasteiger partial charge in [-0.1, -0.05) is 0 Å². The van der Waals surface area contributed by atoms with Crippen molar-refractivity contribution in [1.82, 2.24) is 14.5 Å². The summed E-state index contributed by atoms with van der Waals surface area (Å²) in [6.45, 7) is 4.56. The van der Waals surface area contributed by atoms with Crippen molar-refractivity contribution >= 4 is 0 Å². The van der Waals surface area contributed by atoms with Crippen molar-refractivity contribution < 1.29 is 0 Å². The molecule has 1 aromatic heterocycles. The van der Waals surface area contributed by atoms with Crippen molar-refractivity contribution in [3.8, 4) is 0 Å². The highest BCUT2D eigenvalue weighted by Gasteiger charge is 2.38. The lowest BCUT2D eigenvalue weighted by Gasteiger charge is -2.24. The van der Waals surface area contributed by atoms with E-state index >= 15 is 0 Å². The van der Waals surface area contributed by atoms with Crippen molar-refractivity contribution in [3.05, 3.63) is 18.2 Å². The topological polar surface area (TPSA) is 47.1 Å². The van der Waals surface area contributed by atoms with Gasteiger partial charge >= 0.3 is 0 Å². The lowest BCUT2D eigenvalue weighted by Crippen LogP contribution is -2.28. The van der Waals surface area contributed by atoms with Gasteiger partial charge < -0.3 is 10.3 Å². The molecule has 3 heterocycles. The van der Waals surface area contributed by atoms with Crippen LogP contribution in [0.25, 0.3) is 0 Å². The van der Waals surface area contributed by atoms with Gasteiger partial charge in [-0.15, -0.1) is 0 Å². The third kappa shape index (κ3) is 1.48. The van der Waals surface area contributed by atoms with Crippen molar-refractivity contribution in [1.29, 1.82) is 0 Å². The predicted molar refractivity (Wildman–Crippen MR) is 63.1 cm³/mol. The Hall–Kier alpha value is -0.870. The lowest BCUT2D eigenvalue weighted by molar-refractivity contribution is 0.287. The Morgan fingerprint density at radius 1 is 1.38 bits per heavy atom. The molecule has 2 N–H and O–H groups in total. The summed E-state index contributed by atoms with van der Waals surface area (Å²) in [6.07, 6.45) is 7.82. The van der Waals surface area contributed by atoms with Crippen molar-refractivity contribution in [3.63, 3.8) is 0 Å². The molecule has 0 saturated carbocycles. The van der Waals surface area contributed by atoms with Gasteiger partial charge in [0.15, 0.2) is 0 Å². The minimum atomic E-state index is 0.0814. The molecule has 88 valence electrons. The highest BCUT2D eigenvalue weighted by Crippen LogP contribution is 2.37. The van der Waals surface area contributed by atoms with Crippen molar-refractivity contribution in [2.75, 3.05) is 13.1 Å². The zero-order valence-corrected chi connectivity index (χ0v) is 9.84. The van der Waals surface area contributed by atoms with E-state index in [9.17, 15) is 0 Å². The first-order valence-electron chi connectivity index (χ1n) is 6.28. The molecule has 3 rings (SSSR count). The molecule has 3 unspecified atom stereocenters. The first kappa shape index (κ1) is 10.3. The lowest BCUT2D eigenvalue weighted by atomic mass is 10.1. The molecule has 2 aliphatic rings. The normalized spacial score (nSPS) is 31.9. The fraction of sp³-hybridized carbons (Fsp3) is 0.750. The van der Waals surface area contributed by atoms with Crippen molar-refractivity contribution in [2.24, 2.45) is 5.73 Å². The molecule has 2 saturated heterocycles. The average Bonchev–Trinajstić information content (AvgIpc) is 2.92. The average molecular weight is 220 g/mol. The third-order valence-corrected chi connectivity index (χ3v) is 4.09. The molecule has 0 spiro atoms. The molecule has 0 aliphatic carbocycles. The second-order valence-electron chi connectivity index (χ2n) is 5.12. The van der Waals surface area contributed by atoms with Gasteiger partial charge in [0.1, 0.15) is 0 Å². The van der Waals surface area contributed by atoms with Crippen LogP contribution >= 0.6 is 0 Å². The molecule has 0 aromatic carbocycles. The van der Waals surface area contributed by atoms with Crippen LogP contribution in [0, 0.1) is 0 Å². The predicted octanol–water partition coefficient (Wildman–Crippen LogP) is 1.31. The van der Waals surface area contributed by atoms with E-state index in [-0.39, 0.29) is 6.04 Å². The number of fused-ring (bicyclic) bond motifs is 1. The molecular weight excluding hydrogens is 200 g/mol. The SMILES string of the molecule is CC(N)c1cncn1C1CCN2CCCC12. The first-order chi connectivity index (χ1) is 7.77. The summed E-state index contributed by atoms with van der Waals surface area (Å²) < 4.78 is 2.32. The third-order valence-electron chi connectivity index (χ3n) is 4.09. The number of imidazole rings is 1. The molecule has 4 nitrogen and oxygen atoms in total. The molecule has 16 heavy (non-hydrogen) atoms. The molecule has 2 fully saturated rings. The van der Waals surface area contributed by atoms with Gasteiger partial charge in [0.25, 0.3) is 0 Å². The van der Waals surface area contributed by atoms with E-state index in [1.807, 2.05) is 19.4 Å². The van der Waals surface area contributed by atoms with Crippen LogP contribution in [-0.2, 0) is 0 Å². The summed E-state index contributed by atoms with van der Waals surface area (Å²) in [5, 5.41) is 0. The standard InChI is InChI=1S/C12H20N4/c1-9(13)12-7-14-8-16(12)11-4-6-15-5-2-3-10(11)15/h7-11H,2-6,13H2,1H3. The minimum absolute atomic E-state index is 0.0814. The molecular formula is C12H20N4. The number of nitrogens with zero attached hydrogens (tertiary/aromatic N) is 3. The summed E-state index contributed by atoms with van der Waals surface area (Å²) >= 11 is 0. The molecule has 0 radical (unpaired) electrons. The molecule has 0 bridgehead atoms. The van der Waals surface area contributed by atoms with E-state index < -0.39 is 0 Å². The zero-order chi connectivity index (χ0) is 11.1. The quantitative estimate of drug-likeness (QED) is 0.817. The van der Waals surface area contributed by atoms with Crippen LogP contribution in [0.5, 0.6) is 0 Å². The van der Waals surface area contributed by atoms with E-state index in [4.69, 9.17) is 5.73 Å². The Morgan fingerprint density at radius 2 is 2.25 bits per heavy atom. The van der Waals surface area contributed by atoms with Crippen LogP contribution in [0.2, 0.25) is 0 Å². The van der Waals surface area contributed by atoms with Crippen LogP contribution < -0.4 is 5.73 Å². The van der Waals surface area contributed by atoms with Gasteiger partial charge in [-0.25, -0.2) is 4.98 Å². The van der Waals surface area contributed by atoms with E-state index in [0.717, 1.165) is 6.04 Å². The maximum absolute atomic E-state index is 5.99. The first-order valence-corrected chi connectivity index (χ1v) is 6.28. The largest absolute Gasteiger partial charge is 0.328 e. The minimum Gasteiger partial charge on any atom is -0.328 e. The van der Waals surface area contributed by atoms with E-state index in [1.165, 1.54) is 38.0 Å². The van der Waals surface area contributed by atoms with Crippen LogP contribution in [0.15, 0.2) is 12.5 Å². The summed E-state index contributed by atoms with van der Waals surface area (Å²) in [6, 6.07) is 1.41. The number of hydrogen-bond donors (Lipinski definition) is 1. The van der Waals surface area contributed by atoms with Crippen LogP contribution in [0.3, 0.4) is 0 Å². The van der Waals surface area contributed by atoms with Crippen LogP contribution in [-0.4, -0.2) is 33.6 Å². The van der Waals surface area contributed by atoms with Gasteiger partial charge in [-0.3, -0.25) is 4.90 Å². The Bertz CT molecular complexity index is 371. The highest BCUT2D eigenvalue weighted by molar-refractivity contribution is 5.08. The molecule has 2 aliphatic heterocycles. The number of aromatic nitrogens is 2. The van der Waals surface area contributed by atoms with Crippen LogP contribution in [0.1, 0.15) is 44.0 Å². The number of nitrogens with two attached hydrogens (primary N) is 1. The van der Waals surface area contributed by atoms with E-state index in [0.29, 0.717) is 6.04 Å². The van der Waals surface area contributed by atoms with Gasteiger partial charge in [-0.05, 0) is 32.7 Å². The fourth-order valence-electron chi connectivity index (χ4n) is 3.32.